The van der Waals surface area contributed by atoms with Crippen LogP contribution in [0.4, 0.5) is 4.39 Å². The predicted molar refractivity (Wildman–Crippen MR) is 115 cm³/mol. The molecule has 2 heterocycles. The quantitative estimate of drug-likeness (QED) is 0.607. The zero-order chi connectivity index (χ0) is 21.6. The Morgan fingerprint density at radius 1 is 1.10 bits per heavy atom. The van der Waals surface area contributed by atoms with Crippen LogP contribution in [0.1, 0.15) is 43.1 Å². The van der Waals surface area contributed by atoms with E-state index in [9.17, 15) is 14.0 Å². The summed E-state index contributed by atoms with van der Waals surface area (Å²) in [7, 11) is 0. The highest BCUT2D eigenvalue weighted by Crippen LogP contribution is 2.32. The number of hydrogen-bond acceptors (Lipinski definition) is 3. The number of H-pyrrole nitrogens is 1. The minimum atomic E-state index is -0.337. The fourth-order valence-electron chi connectivity index (χ4n) is 3.99. The van der Waals surface area contributed by atoms with Gasteiger partial charge in [0, 0.05) is 24.9 Å². The van der Waals surface area contributed by atoms with Crippen LogP contribution in [0.25, 0.3) is 11.3 Å². The second-order valence-corrected chi connectivity index (χ2v) is 7.66. The monoisotopic (exact) mass is 420 g/mol. The highest BCUT2D eigenvalue weighted by atomic mass is 19.1. The van der Waals surface area contributed by atoms with Gasteiger partial charge in [0.25, 0.3) is 0 Å². The molecule has 0 spiro atoms. The van der Waals surface area contributed by atoms with Crippen molar-refractivity contribution >= 4 is 11.8 Å². The topological polar surface area (TPSA) is 78.1 Å². The average molecular weight is 420 g/mol. The van der Waals surface area contributed by atoms with Crippen molar-refractivity contribution < 1.29 is 14.0 Å². The maximum absolute atomic E-state index is 13.9. The summed E-state index contributed by atoms with van der Waals surface area (Å²) >= 11 is 0. The van der Waals surface area contributed by atoms with Gasteiger partial charge in [-0.2, -0.15) is 0 Å². The zero-order valence-electron chi connectivity index (χ0n) is 17.2. The van der Waals surface area contributed by atoms with Crippen LogP contribution in [-0.4, -0.2) is 33.2 Å². The van der Waals surface area contributed by atoms with E-state index >= 15 is 0 Å². The lowest BCUT2D eigenvalue weighted by atomic mass is 10.0. The number of amides is 2. The molecule has 1 atom stereocenters. The molecule has 1 saturated heterocycles. The van der Waals surface area contributed by atoms with Crippen LogP contribution in [-0.2, 0) is 16.1 Å². The Balaban J connectivity index is 1.26. The van der Waals surface area contributed by atoms with Gasteiger partial charge in [0.05, 0.1) is 24.5 Å². The molecule has 1 unspecified atom stereocenters. The Kier molecular flexibility index (Phi) is 6.40. The number of aromatic nitrogens is 2. The third-order valence-electron chi connectivity index (χ3n) is 5.57. The van der Waals surface area contributed by atoms with Crippen molar-refractivity contribution in [2.45, 2.75) is 38.3 Å². The molecule has 31 heavy (non-hydrogen) atoms. The SMILES string of the molecule is O=C(CCC(=O)N1CCCC1c1ccccc1)NCc1ncc(-c2ccccc2F)[nH]1. The predicted octanol–water partition coefficient (Wildman–Crippen LogP) is 3.98. The number of carbonyl (C=O) groups is 2. The second-order valence-electron chi connectivity index (χ2n) is 7.66. The molecule has 1 aromatic heterocycles. The van der Waals surface area contributed by atoms with Crippen molar-refractivity contribution in [1.29, 1.82) is 0 Å². The fourth-order valence-corrected chi connectivity index (χ4v) is 3.99. The van der Waals surface area contributed by atoms with Crippen molar-refractivity contribution in [3.05, 3.63) is 78.0 Å². The fraction of sp³-hybridized carbons (Fsp3) is 0.292. The maximum Gasteiger partial charge on any atom is 0.223 e. The van der Waals surface area contributed by atoms with E-state index in [1.807, 2.05) is 35.2 Å². The molecule has 7 heteroatoms. The number of rotatable bonds is 7. The van der Waals surface area contributed by atoms with Gasteiger partial charge in [0.15, 0.2) is 0 Å². The van der Waals surface area contributed by atoms with Gasteiger partial charge in [-0.1, -0.05) is 42.5 Å². The number of carbonyl (C=O) groups excluding carboxylic acids is 2. The zero-order valence-corrected chi connectivity index (χ0v) is 17.2. The van der Waals surface area contributed by atoms with Crippen LogP contribution >= 0.6 is 0 Å². The first kappa shape index (κ1) is 20.8. The van der Waals surface area contributed by atoms with Crippen LogP contribution in [0.3, 0.4) is 0 Å². The number of hydrogen-bond donors (Lipinski definition) is 2. The molecule has 0 saturated carbocycles. The number of nitrogens with one attached hydrogen (secondary N) is 2. The van der Waals surface area contributed by atoms with Gasteiger partial charge in [-0.05, 0) is 30.5 Å². The molecule has 1 aliphatic heterocycles. The Bertz CT molecular complexity index is 1050. The van der Waals surface area contributed by atoms with Crippen molar-refractivity contribution in [3.8, 4) is 11.3 Å². The minimum Gasteiger partial charge on any atom is -0.349 e. The minimum absolute atomic E-state index is 0.00124. The van der Waals surface area contributed by atoms with Crippen LogP contribution in [0.5, 0.6) is 0 Å². The molecule has 1 fully saturated rings. The van der Waals surface area contributed by atoms with Crippen molar-refractivity contribution in [3.63, 3.8) is 0 Å². The van der Waals surface area contributed by atoms with Crippen molar-refractivity contribution in [1.82, 2.24) is 20.2 Å². The summed E-state index contributed by atoms with van der Waals surface area (Å²) in [5, 5.41) is 2.77. The lowest BCUT2D eigenvalue weighted by Crippen LogP contribution is -2.32. The van der Waals surface area contributed by atoms with E-state index in [2.05, 4.69) is 15.3 Å². The van der Waals surface area contributed by atoms with Crippen LogP contribution < -0.4 is 5.32 Å². The molecule has 0 radical (unpaired) electrons. The van der Waals surface area contributed by atoms with Gasteiger partial charge in [0.2, 0.25) is 11.8 Å². The lowest BCUT2D eigenvalue weighted by Gasteiger charge is -2.25. The molecule has 2 amide bonds. The van der Waals surface area contributed by atoms with E-state index in [-0.39, 0.29) is 43.1 Å². The van der Waals surface area contributed by atoms with Gasteiger partial charge >= 0.3 is 0 Å². The van der Waals surface area contributed by atoms with E-state index in [1.165, 1.54) is 6.07 Å². The molecule has 3 aromatic rings. The largest absolute Gasteiger partial charge is 0.349 e. The molecule has 1 aliphatic rings. The van der Waals surface area contributed by atoms with E-state index < -0.39 is 0 Å². The Morgan fingerprint density at radius 3 is 2.68 bits per heavy atom. The highest BCUT2D eigenvalue weighted by Gasteiger charge is 2.29. The first-order chi connectivity index (χ1) is 15.1. The lowest BCUT2D eigenvalue weighted by molar-refractivity contribution is -0.134. The van der Waals surface area contributed by atoms with E-state index in [0.29, 0.717) is 17.1 Å². The molecular weight excluding hydrogens is 395 g/mol. The normalized spacial score (nSPS) is 15.8. The number of likely N-dealkylation sites (tertiary alicyclic amines) is 1. The molecule has 0 bridgehead atoms. The maximum atomic E-state index is 13.9. The molecule has 160 valence electrons. The Labute approximate surface area is 180 Å². The van der Waals surface area contributed by atoms with Crippen LogP contribution in [0, 0.1) is 5.82 Å². The first-order valence-corrected chi connectivity index (χ1v) is 10.5. The van der Waals surface area contributed by atoms with Crippen LogP contribution in [0.15, 0.2) is 60.8 Å². The smallest absolute Gasteiger partial charge is 0.223 e. The van der Waals surface area contributed by atoms with Gasteiger partial charge in [0.1, 0.15) is 11.6 Å². The summed E-state index contributed by atoms with van der Waals surface area (Å²) in [4.78, 5) is 34.0. The summed E-state index contributed by atoms with van der Waals surface area (Å²) in [6, 6.07) is 16.5. The summed E-state index contributed by atoms with van der Waals surface area (Å²) in [5.41, 5.74) is 2.12. The summed E-state index contributed by atoms with van der Waals surface area (Å²) in [6.45, 7) is 0.920. The van der Waals surface area contributed by atoms with E-state index in [4.69, 9.17) is 0 Å². The number of aromatic amines is 1. The third-order valence-corrected chi connectivity index (χ3v) is 5.57. The van der Waals surface area contributed by atoms with Gasteiger partial charge < -0.3 is 15.2 Å². The summed E-state index contributed by atoms with van der Waals surface area (Å²) in [5.74, 6) is -0.0217. The number of halogens is 1. The van der Waals surface area contributed by atoms with Crippen molar-refractivity contribution in [2.24, 2.45) is 0 Å². The molecular formula is C24H25FN4O2. The molecule has 6 nitrogen and oxygen atoms in total. The first-order valence-electron chi connectivity index (χ1n) is 10.5. The van der Waals surface area contributed by atoms with E-state index in [0.717, 1.165) is 24.9 Å². The van der Waals surface area contributed by atoms with Gasteiger partial charge in [-0.15, -0.1) is 0 Å². The standard InChI is InChI=1S/C24H25FN4O2/c25-19-10-5-4-9-18(19)20-15-26-22(28-20)16-27-23(30)12-13-24(31)29-14-6-11-21(29)17-7-2-1-3-8-17/h1-5,7-10,15,21H,6,11-14,16H2,(H,26,28)(H,27,30). The van der Waals surface area contributed by atoms with Crippen LogP contribution in [0.2, 0.25) is 0 Å². The number of benzene rings is 2. The Morgan fingerprint density at radius 2 is 1.87 bits per heavy atom. The molecule has 2 aromatic carbocycles. The van der Waals surface area contributed by atoms with Gasteiger partial charge in [-0.25, -0.2) is 9.37 Å². The van der Waals surface area contributed by atoms with Crippen molar-refractivity contribution in [2.75, 3.05) is 6.54 Å². The third kappa shape index (κ3) is 4.99. The summed E-state index contributed by atoms with van der Waals surface area (Å²) in [6.07, 6.45) is 3.76. The molecule has 4 rings (SSSR count). The average Bonchev–Trinajstić information content (AvgIpc) is 3.47. The Hall–Kier alpha value is -3.48. The molecule has 2 N–H and O–H groups in total. The number of imidazole rings is 1. The van der Waals surface area contributed by atoms with Gasteiger partial charge in [-0.3, -0.25) is 9.59 Å². The van der Waals surface area contributed by atoms with E-state index in [1.54, 1.807) is 24.4 Å². The summed E-state index contributed by atoms with van der Waals surface area (Å²) < 4.78 is 13.9. The highest BCUT2D eigenvalue weighted by molar-refractivity contribution is 5.84. The number of nitrogens with zero attached hydrogens (tertiary/aromatic N) is 2. The second kappa shape index (κ2) is 9.55. The molecule has 0 aliphatic carbocycles.